The molecule has 0 radical (unpaired) electrons. The van der Waals surface area contributed by atoms with Crippen molar-refractivity contribution in [2.75, 3.05) is 19.8 Å². The van der Waals surface area contributed by atoms with Gasteiger partial charge in [-0.1, -0.05) is 55.8 Å². The number of aromatic nitrogens is 3. The minimum atomic E-state index is -0.741. The van der Waals surface area contributed by atoms with Gasteiger partial charge in [-0.15, -0.1) is 0 Å². The summed E-state index contributed by atoms with van der Waals surface area (Å²) in [7, 11) is 0. The van der Waals surface area contributed by atoms with Crippen molar-refractivity contribution < 1.29 is 18.7 Å². The van der Waals surface area contributed by atoms with E-state index in [1.165, 1.54) is 23.1 Å². The number of alkyl halides is 1. The van der Waals surface area contributed by atoms with Crippen molar-refractivity contribution in [2.24, 2.45) is 11.7 Å². The smallest absolute Gasteiger partial charge is 0.248 e. The van der Waals surface area contributed by atoms with Crippen LogP contribution in [0.4, 0.5) is 8.78 Å². The van der Waals surface area contributed by atoms with Gasteiger partial charge < -0.3 is 15.7 Å². The molecule has 3 rings (SSSR count). The average Bonchev–Trinajstić information content (AvgIpc) is 3.25. The van der Waals surface area contributed by atoms with Gasteiger partial charge in [0.1, 0.15) is 19.1 Å². The van der Waals surface area contributed by atoms with E-state index in [1.807, 2.05) is 44.2 Å². The van der Waals surface area contributed by atoms with E-state index in [4.69, 9.17) is 17.3 Å². The Kier molecular flexibility index (Phi) is 9.31. The summed E-state index contributed by atoms with van der Waals surface area (Å²) in [6.45, 7) is 2.79. The number of amides is 1. The summed E-state index contributed by atoms with van der Waals surface area (Å²) in [6.07, 6.45) is 0.202. The van der Waals surface area contributed by atoms with E-state index in [0.717, 1.165) is 5.56 Å². The minimum absolute atomic E-state index is 0.117. The molecule has 0 saturated heterocycles. The molecule has 10 heteroatoms. The first kappa shape index (κ1) is 26.7. The SMILES string of the molecule is CC(C)C(c1nc(-c2cc(Cl)ccc2F)nn1Cc1ccccc1)N(CCC(N)CF)C(=O)CO. The van der Waals surface area contributed by atoms with Crippen molar-refractivity contribution in [3.63, 3.8) is 0 Å². The number of aliphatic hydroxyl groups is 1. The molecule has 0 saturated carbocycles. The molecule has 0 bridgehead atoms. The number of carbonyl (C=O) groups is 1. The number of hydrogen-bond donors (Lipinski definition) is 2. The lowest BCUT2D eigenvalue weighted by Gasteiger charge is -2.34. The van der Waals surface area contributed by atoms with Gasteiger partial charge in [-0.05, 0) is 36.1 Å². The van der Waals surface area contributed by atoms with Crippen LogP contribution < -0.4 is 5.73 Å². The first-order chi connectivity index (χ1) is 16.7. The van der Waals surface area contributed by atoms with E-state index in [-0.39, 0.29) is 30.3 Å². The number of hydrogen-bond acceptors (Lipinski definition) is 5. The Morgan fingerprint density at radius 2 is 1.94 bits per heavy atom. The van der Waals surface area contributed by atoms with Crippen molar-refractivity contribution in [3.8, 4) is 11.4 Å². The second kappa shape index (κ2) is 12.2. The molecule has 0 fully saturated rings. The maximum atomic E-state index is 14.7. The van der Waals surface area contributed by atoms with E-state index >= 15 is 0 Å². The molecular weight excluding hydrogens is 476 g/mol. The van der Waals surface area contributed by atoms with Crippen molar-refractivity contribution in [2.45, 2.75) is 38.9 Å². The zero-order chi connectivity index (χ0) is 25.5. The lowest BCUT2D eigenvalue weighted by molar-refractivity contribution is -0.138. The zero-order valence-electron chi connectivity index (χ0n) is 19.7. The van der Waals surface area contributed by atoms with E-state index in [1.54, 1.807) is 4.68 Å². The number of rotatable bonds is 11. The van der Waals surface area contributed by atoms with Crippen LogP contribution in [0.1, 0.15) is 37.7 Å². The van der Waals surface area contributed by atoms with Crippen molar-refractivity contribution in [3.05, 3.63) is 70.8 Å². The third kappa shape index (κ3) is 6.62. The molecular formula is C25H30ClF2N5O2. The quantitative estimate of drug-likeness (QED) is 0.410. The molecule has 0 aliphatic rings. The average molecular weight is 506 g/mol. The normalized spacial score (nSPS) is 13.1. The Hall–Kier alpha value is -2.88. The second-order valence-corrected chi connectivity index (χ2v) is 9.13. The number of halogens is 3. The van der Waals surface area contributed by atoms with Gasteiger partial charge in [-0.25, -0.2) is 18.4 Å². The second-order valence-electron chi connectivity index (χ2n) is 8.70. The maximum absolute atomic E-state index is 14.7. The highest BCUT2D eigenvalue weighted by Gasteiger charge is 2.33. The topological polar surface area (TPSA) is 97.3 Å². The molecule has 1 amide bonds. The van der Waals surface area contributed by atoms with Crippen LogP contribution in [0, 0.1) is 11.7 Å². The van der Waals surface area contributed by atoms with E-state index in [9.17, 15) is 18.7 Å². The highest BCUT2D eigenvalue weighted by molar-refractivity contribution is 6.30. The van der Waals surface area contributed by atoms with Crippen LogP contribution in [-0.2, 0) is 11.3 Å². The van der Waals surface area contributed by atoms with Crippen molar-refractivity contribution in [1.82, 2.24) is 19.7 Å². The number of aliphatic hydroxyl groups excluding tert-OH is 1. The summed E-state index contributed by atoms with van der Waals surface area (Å²) in [6, 6.07) is 12.3. The van der Waals surface area contributed by atoms with Gasteiger partial charge >= 0.3 is 0 Å². The lowest BCUT2D eigenvalue weighted by atomic mass is 10.00. The van der Waals surface area contributed by atoms with E-state index in [2.05, 4.69) is 10.1 Å². The molecule has 1 heterocycles. The summed E-state index contributed by atoms with van der Waals surface area (Å²) in [5.74, 6) is -0.703. The molecule has 0 aliphatic heterocycles. The Labute approximate surface area is 208 Å². The van der Waals surface area contributed by atoms with Gasteiger partial charge in [-0.2, -0.15) is 5.10 Å². The third-order valence-corrected chi connectivity index (χ3v) is 5.91. The van der Waals surface area contributed by atoms with Crippen LogP contribution in [0.2, 0.25) is 5.02 Å². The van der Waals surface area contributed by atoms with Crippen LogP contribution >= 0.6 is 11.6 Å². The van der Waals surface area contributed by atoms with Gasteiger partial charge in [0.25, 0.3) is 0 Å². The molecule has 35 heavy (non-hydrogen) atoms. The van der Waals surface area contributed by atoms with Gasteiger partial charge in [0, 0.05) is 17.6 Å². The molecule has 3 aromatic rings. The molecule has 2 unspecified atom stereocenters. The first-order valence-corrected chi connectivity index (χ1v) is 11.8. The van der Waals surface area contributed by atoms with Gasteiger partial charge in [0.2, 0.25) is 5.91 Å². The maximum Gasteiger partial charge on any atom is 0.248 e. The Bertz CT molecular complexity index is 1130. The first-order valence-electron chi connectivity index (χ1n) is 11.4. The number of carbonyl (C=O) groups excluding carboxylic acids is 1. The van der Waals surface area contributed by atoms with Crippen molar-refractivity contribution in [1.29, 1.82) is 0 Å². The van der Waals surface area contributed by atoms with Crippen LogP contribution in [0.5, 0.6) is 0 Å². The zero-order valence-corrected chi connectivity index (χ0v) is 20.5. The fourth-order valence-corrected chi connectivity index (χ4v) is 4.09. The fourth-order valence-electron chi connectivity index (χ4n) is 3.92. The number of nitrogens with zero attached hydrogens (tertiary/aromatic N) is 4. The summed E-state index contributed by atoms with van der Waals surface area (Å²) < 4.78 is 29.3. The number of benzene rings is 2. The molecule has 3 N–H and O–H groups in total. The Morgan fingerprint density at radius 3 is 2.57 bits per heavy atom. The monoisotopic (exact) mass is 505 g/mol. The standard InChI is InChI=1S/C25H30ClF2N5O2/c1-16(2)23(32(22(35)15-34)11-10-19(29)13-27)25-30-24(20-12-18(26)8-9-21(20)28)31-33(25)14-17-6-4-3-5-7-17/h3-9,12,16,19,23,34H,10-11,13-15,29H2,1-2H3. The molecule has 1 aromatic heterocycles. The van der Waals surface area contributed by atoms with Crippen LogP contribution in [0.25, 0.3) is 11.4 Å². The molecule has 0 spiro atoms. The largest absolute Gasteiger partial charge is 0.387 e. The molecule has 2 atom stereocenters. The predicted octanol–water partition coefficient (Wildman–Crippen LogP) is 3.99. The van der Waals surface area contributed by atoms with E-state index < -0.39 is 37.1 Å². The Morgan fingerprint density at radius 1 is 1.23 bits per heavy atom. The minimum Gasteiger partial charge on any atom is -0.387 e. The lowest BCUT2D eigenvalue weighted by Crippen LogP contribution is -2.43. The molecule has 188 valence electrons. The number of nitrogens with two attached hydrogens (primary N) is 1. The third-order valence-electron chi connectivity index (χ3n) is 5.67. The van der Waals surface area contributed by atoms with Crippen LogP contribution in [0.3, 0.4) is 0 Å². The predicted molar refractivity (Wildman–Crippen MR) is 131 cm³/mol. The molecule has 7 nitrogen and oxygen atoms in total. The van der Waals surface area contributed by atoms with Crippen LogP contribution in [-0.4, -0.2) is 56.5 Å². The van der Waals surface area contributed by atoms with Gasteiger partial charge in [0.15, 0.2) is 11.6 Å². The summed E-state index contributed by atoms with van der Waals surface area (Å²) in [4.78, 5) is 18.9. The fraction of sp³-hybridized carbons (Fsp3) is 0.400. The highest BCUT2D eigenvalue weighted by atomic mass is 35.5. The Balaban J connectivity index is 2.13. The summed E-state index contributed by atoms with van der Waals surface area (Å²) in [5, 5.41) is 14.6. The molecule has 0 aliphatic carbocycles. The highest BCUT2D eigenvalue weighted by Crippen LogP contribution is 2.32. The van der Waals surface area contributed by atoms with Gasteiger partial charge in [-0.3, -0.25) is 4.79 Å². The molecule has 2 aromatic carbocycles. The summed E-state index contributed by atoms with van der Waals surface area (Å²) >= 11 is 6.10. The van der Waals surface area contributed by atoms with Crippen molar-refractivity contribution >= 4 is 17.5 Å². The van der Waals surface area contributed by atoms with E-state index in [0.29, 0.717) is 17.4 Å². The van der Waals surface area contributed by atoms with Crippen LogP contribution in [0.15, 0.2) is 48.5 Å². The van der Waals surface area contributed by atoms with Gasteiger partial charge in [0.05, 0.1) is 18.2 Å². The summed E-state index contributed by atoms with van der Waals surface area (Å²) in [5.41, 5.74) is 6.82.